The first kappa shape index (κ1) is 16.4. The fourth-order valence-electron chi connectivity index (χ4n) is 2.83. The number of fused-ring (bicyclic) bond motifs is 3. The van der Waals surface area contributed by atoms with Gasteiger partial charge in [-0.25, -0.2) is 9.59 Å². The van der Waals surface area contributed by atoms with Crippen molar-refractivity contribution in [2.24, 2.45) is 0 Å². The average Bonchev–Trinajstić information content (AvgIpc) is 2.89. The predicted molar refractivity (Wildman–Crippen MR) is 87.9 cm³/mol. The van der Waals surface area contributed by atoms with Crippen LogP contribution in [0, 0.1) is 0 Å². The molecule has 0 unspecified atom stereocenters. The topological polar surface area (TPSA) is 69.0 Å². The van der Waals surface area contributed by atoms with E-state index in [9.17, 15) is 9.59 Å². The van der Waals surface area contributed by atoms with Gasteiger partial charge in [0.25, 0.3) is 0 Å². The smallest absolute Gasteiger partial charge is 0.410 e. The van der Waals surface area contributed by atoms with Crippen LogP contribution in [-0.2, 0) is 22.4 Å². The Labute approximate surface area is 140 Å². The zero-order chi connectivity index (χ0) is 17.5. The van der Waals surface area contributed by atoms with E-state index < -0.39 is 11.6 Å². The van der Waals surface area contributed by atoms with Gasteiger partial charge >= 0.3 is 12.1 Å². The highest BCUT2D eigenvalue weighted by Crippen LogP contribution is 2.31. The van der Waals surface area contributed by atoms with Crippen molar-refractivity contribution in [2.45, 2.75) is 39.3 Å². The van der Waals surface area contributed by atoms with Gasteiger partial charge in [0, 0.05) is 17.5 Å². The molecule has 0 N–H and O–H groups in total. The molecule has 0 radical (unpaired) electrons. The lowest BCUT2D eigenvalue weighted by atomic mass is 10.0. The van der Waals surface area contributed by atoms with Crippen LogP contribution in [0.5, 0.6) is 0 Å². The highest BCUT2D eigenvalue weighted by molar-refractivity contribution is 5.95. The van der Waals surface area contributed by atoms with Crippen LogP contribution in [-0.4, -0.2) is 36.2 Å². The third-order valence-electron chi connectivity index (χ3n) is 3.92. The third-order valence-corrected chi connectivity index (χ3v) is 3.92. The lowest BCUT2D eigenvalue weighted by molar-refractivity contribution is 0.0210. The number of hydrogen-bond acceptors (Lipinski definition) is 5. The number of esters is 1. The Morgan fingerprint density at radius 2 is 2.00 bits per heavy atom. The number of furan rings is 1. The van der Waals surface area contributed by atoms with Gasteiger partial charge in [0.05, 0.1) is 19.2 Å². The second-order valence-electron chi connectivity index (χ2n) is 6.86. The molecular formula is C18H21NO5. The van der Waals surface area contributed by atoms with Crippen LogP contribution in [0.2, 0.25) is 0 Å². The van der Waals surface area contributed by atoms with E-state index in [0.29, 0.717) is 30.7 Å². The molecule has 1 amide bonds. The minimum absolute atomic E-state index is 0.344. The van der Waals surface area contributed by atoms with Crippen LogP contribution in [0.3, 0.4) is 0 Å². The maximum absolute atomic E-state index is 12.2. The molecule has 1 aromatic heterocycles. The van der Waals surface area contributed by atoms with Gasteiger partial charge < -0.3 is 18.8 Å². The molecule has 1 aromatic carbocycles. The first-order valence-corrected chi connectivity index (χ1v) is 7.89. The van der Waals surface area contributed by atoms with E-state index in [1.54, 1.807) is 17.0 Å². The van der Waals surface area contributed by atoms with Gasteiger partial charge in [-0.15, -0.1) is 0 Å². The number of nitrogens with zero attached hydrogens (tertiary/aromatic N) is 1. The summed E-state index contributed by atoms with van der Waals surface area (Å²) in [7, 11) is 1.35. The van der Waals surface area contributed by atoms with Gasteiger partial charge in [0.2, 0.25) is 0 Å². The molecule has 0 bridgehead atoms. The van der Waals surface area contributed by atoms with Gasteiger partial charge in [-0.05, 0) is 45.4 Å². The molecule has 0 saturated carbocycles. The van der Waals surface area contributed by atoms with Crippen LogP contribution >= 0.6 is 0 Å². The summed E-state index contributed by atoms with van der Waals surface area (Å²) in [6.07, 6.45) is 0.350. The van der Waals surface area contributed by atoms with E-state index in [1.165, 1.54) is 7.11 Å². The van der Waals surface area contributed by atoms with Crippen LogP contribution < -0.4 is 0 Å². The molecule has 0 fully saturated rings. The largest absolute Gasteiger partial charge is 0.465 e. The van der Waals surface area contributed by atoms with E-state index in [4.69, 9.17) is 13.9 Å². The zero-order valence-electron chi connectivity index (χ0n) is 14.3. The van der Waals surface area contributed by atoms with Crippen molar-refractivity contribution in [1.82, 2.24) is 4.90 Å². The molecule has 1 aliphatic rings. The standard InChI is InChI=1S/C18H21NO5/c1-18(2,3)24-17(21)19-8-7-13-12-6-5-11(16(20)22-4)9-14(12)23-15(13)10-19/h5-6,9H,7-8,10H2,1-4H3. The maximum atomic E-state index is 12.2. The first-order chi connectivity index (χ1) is 11.3. The maximum Gasteiger partial charge on any atom is 0.410 e. The van der Waals surface area contributed by atoms with E-state index in [1.807, 2.05) is 26.8 Å². The van der Waals surface area contributed by atoms with Gasteiger partial charge in [-0.1, -0.05) is 0 Å². The third kappa shape index (κ3) is 3.09. The number of amides is 1. The summed E-state index contributed by atoms with van der Waals surface area (Å²) in [6, 6.07) is 5.27. The Bertz CT molecular complexity index is 800. The van der Waals surface area contributed by atoms with Crippen molar-refractivity contribution < 1.29 is 23.5 Å². The molecule has 0 saturated heterocycles. The number of benzene rings is 1. The zero-order valence-corrected chi connectivity index (χ0v) is 14.3. The summed E-state index contributed by atoms with van der Waals surface area (Å²) in [5.41, 5.74) is 1.64. The second kappa shape index (κ2) is 5.85. The van der Waals surface area contributed by atoms with Gasteiger partial charge in [-0.2, -0.15) is 0 Å². The Hall–Kier alpha value is -2.50. The van der Waals surface area contributed by atoms with Gasteiger partial charge in [0.15, 0.2) is 0 Å². The summed E-state index contributed by atoms with van der Waals surface area (Å²) >= 11 is 0. The molecule has 3 rings (SSSR count). The minimum atomic E-state index is -0.527. The first-order valence-electron chi connectivity index (χ1n) is 7.89. The summed E-state index contributed by atoms with van der Waals surface area (Å²) < 4.78 is 16.0. The molecular weight excluding hydrogens is 310 g/mol. The molecule has 6 heteroatoms. The summed E-state index contributed by atoms with van der Waals surface area (Å²) in [5.74, 6) is 0.339. The average molecular weight is 331 g/mol. The Morgan fingerprint density at radius 3 is 2.67 bits per heavy atom. The Balaban J connectivity index is 1.87. The van der Waals surface area contributed by atoms with E-state index in [0.717, 1.165) is 16.7 Å². The quantitative estimate of drug-likeness (QED) is 0.748. The van der Waals surface area contributed by atoms with Crippen molar-refractivity contribution in [3.05, 3.63) is 35.1 Å². The molecule has 0 spiro atoms. The lowest BCUT2D eigenvalue weighted by Gasteiger charge is -2.29. The number of carbonyl (C=O) groups is 2. The number of hydrogen-bond donors (Lipinski definition) is 0. The number of methoxy groups -OCH3 is 1. The Morgan fingerprint density at radius 1 is 1.25 bits per heavy atom. The van der Waals surface area contributed by atoms with Crippen LogP contribution in [0.1, 0.15) is 42.5 Å². The normalized spacial score (nSPS) is 14.4. The monoisotopic (exact) mass is 331 g/mol. The van der Waals surface area contributed by atoms with E-state index in [2.05, 4.69) is 0 Å². The lowest BCUT2D eigenvalue weighted by Crippen LogP contribution is -2.39. The SMILES string of the molecule is COC(=O)c1ccc2c3c(oc2c1)CN(C(=O)OC(C)(C)C)CC3. The fraction of sp³-hybridized carbons (Fsp3) is 0.444. The van der Waals surface area contributed by atoms with Crippen LogP contribution in [0.15, 0.2) is 22.6 Å². The highest BCUT2D eigenvalue weighted by atomic mass is 16.6. The predicted octanol–water partition coefficient (Wildman–Crippen LogP) is 3.51. The van der Waals surface area contributed by atoms with Crippen molar-refractivity contribution in [2.75, 3.05) is 13.7 Å². The summed E-state index contributed by atoms with van der Waals surface area (Å²) in [5, 5.41) is 0.974. The van der Waals surface area contributed by atoms with Crippen molar-refractivity contribution in [3.63, 3.8) is 0 Å². The summed E-state index contributed by atoms with van der Waals surface area (Å²) in [4.78, 5) is 25.5. The molecule has 0 atom stereocenters. The van der Waals surface area contributed by atoms with Crippen molar-refractivity contribution in [1.29, 1.82) is 0 Å². The van der Waals surface area contributed by atoms with Crippen LogP contribution in [0.25, 0.3) is 11.0 Å². The van der Waals surface area contributed by atoms with Gasteiger partial charge in [0.1, 0.15) is 16.9 Å². The minimum Gasteiger partial charge on any atom is -0.465 e. The highest BCUT2D eigenvalue weighted by Gasteiger charge is 2.29. The van der Waals surface area contributed by atoms with Crippen molar-refractivity contribution >= 4 is 23.0 Å². The molecule has 2 aromatic rings. The molecule has 0 aliphatic carbocycles. The van der Waals surface area contributed by atoms with Gasteiger partial charge in [-0.3, -0.25) is 0 Å². The van der Waals surface area contributed by atoms with Crippen LogP contribution in [0.4, 0.5) is 4.79 Å². The Kier molecular flexibility index (Phi) is 3.99. The molecule has 1 aliphatic heterocycles. The molecule has 2 heterocycles. The number of ether oxygens (including phenoxy) is 2. The number of carbonyl (C=O) groups excluding carboxylic acids is 2. The molecule has 128 valence electrons. The van der Waals surface area contributed by atoms with Crippen molar-refractivity contribution in [3.8, 4) is 0 Å². The fourth-order valence-corrected chi connectivity index (χ4v) is 2.83. The number of rotatable bonds is 1. The molecule has 24 heavy (non-hydrogen) atoms. The summed E-state index contributed by atoms with van der Waals surface area (Å²) in [6.45, 7) is 6.48. The van der Waals surface area contributed by atoms with E-state index in [-0.39, 0.29) is 6.09 Å². The molecule has 6 nitrogen and oxygen atoms in total. The van der Waals surface area contributed by atoms with E-state index >= 15 is 0 Å². The second-order valence-corrected chi connectivity index (χ2v) is 6.86.